The van der Waals surface area contributed by atoms with Gasteiger partial charge >= 0.3 is 5.97 Å². The third-order valence-corrected chi connectivity index (χ3v) is 6.90. The van der Waals surface area contributed by atoms with Crippen molar-refractivity contribution in [3.8, 4) is 28.7 Å². The molecule has 0 spiro atoms. The Morgan fingerprint density at radius 3 is 2.55 bits per heavy atom. The number of carbonyl (C=O) groups is 1. The van der Waals surface area contributed by atoms with E-state index >= 15 is 0 Å². The highest BCUT2D eigenvalue weighted by Crippen LogP contribution is 2.54. The van der Waals surface area contributed by atoms with Gasteiger partial charge in [-0.3, -0.25) is 9.69 Å². The molecule has 0 radical (unpaired) electrons. The van der Waals surface area contributed by atoms with E-state index in [0.717, 1.165) is 37.1 Å². The normalized spacial score (nSPS) is 25.9. The molecule has 0 amide bonds. The molecule has 0 unspecified atom stereocenters. The Labute approximate surface area is 192 Å². The van der Waals surface area contributed by atoms with E-state index in [4.69, 9.17) is 23.7 Å². The quantitative estimate of drug-likeness (QED) is 0.684. The van der Waals surface area contributed by atoms with Crippen LogP contribution in [-0.2, 0) is 9.53 Å². The van der Waals surface area contributed by atoms with E-state index in [-0.39, 0.29) is 25.1 Å². The van der Waals surface area contributed by atoms with E-state index in [9.17, 15) is 9.90 Å². The summed E-state index contributed by atoms with van der Waals surface area (Å²) in [5.74, 6) is 0.780. The highest BCUT2D eigenvalue weighted by atomic mass is 16.7. The van der Waals surface area contributed by atoms with Crippen molar-refractivity contribution >= 4 is 5.97 Å². The second kappa shape index (κ2) is 8.33. The average Bonchev–Trinajstić information content (AvgIpc) is 3.49. The lowest BCUT2D eigenvalue weighted by Gasteiger charge is -2.49. The fourth-order valence-corrected chi connectivity index (χ4v) is 5.33. The largest absolute Gasteiger partial charge is 0.504 e. The number of esters is 1. The topological polar surface area (TPSA) is 86.7 Å². The van der Waals surface area contributed by atoms with E-state index in [2.05, 4.69) is 4.90 Å². The Balaban J connectivity index is 1.72. The predicted octanol–water partition coefficient (Wildman–Crippen LogP) is 3.65. The van der Waals surface area contributed by atoms with Gasteiger partial charge in [-0.1, -0.05) is 6.07 Å². The fraction of sp³-hybridized carbons (Fsp3) is 0.480. The summed E-state index contributed by atoms with van der Waals surface area (Å²) in [4.78, 5) is 15.8. The van der Waals surface area contributed by atoms with Gasteiger partial charge < -0.3 is 28.8 Å². The van der Waals surface area contributed by atoms with Gasteiger partial charge in [-0.25, -0.2) is 0 Å². The molecule has 0 aliphatic carbocycles. The van der Waals surface area contributed by atoms with Crippen LogP contribution in [0, 0.1) is 5.92 Å². The first-order chi connectivity index (χ1) is 16.0. The third kappa shape index (κ3) is 3.53. The Bertz CT molecular complexity index is 1060. The van der Waals surface area contributed by atoms with Crippen LogP contribution in [0.4, 0.5) is 0 Å². The smallest absolute Gasteiger partial charge is 0.315 e. The van der Waals surface area contributed by atoms with Crippen LogP contribution in [0.2, 0.25) is 0 Å². The lowest BCUT2D eigenvalue weighted by molar-refractivity contribution is -0.174. The van der Waals surface area contributed by atoms with Crippen molar-refractivity contribution in [2.75, 3.05) is 33.6 Å². The summed E-state index contributed by atoms with van der Waals surface area (Å²) in [5.41, 5.74) is 0.614. The summed E-state index contributed by atoms with van der Waals surface area (Å²) in [5, 5.41) is 10.6. The molecule has 1 saturated heterocycles. The molecule has 0 aromatic heterocycles. The first-order valence-electron chi connectivity index (χ1n) is 11.4. The van der Waals surface area contributed by atoms with Crippen molar-refractivity contribution in [3.05, 3.63) is 41.5 Å². The molecule has 5 rings (SSSR count). The number of hydrogen-bond donors (Lipinski definition) is 1. The van der Waals surface area contributed by atoms with Crippen LogP contribution in [0.1, 0.15) is 43.7 Å². The molecule has 3 heterocycles. The van der Waals surface area contributed by atoms with Crippen molar-refractivity contribution in [2.24, 2.45) is 5.92 Å². The third-order valence-electron chi connectivity index (χ3n) is 6.90. The molecule has 3 aliphatic heterocycles. The Hall–Kier alpha value is -3.13. The second-order valence-electron chi connectivity index (χ2n) is 8.73. The van der Waals surface area contributed by atoms with Crippen LogP contribution in [0.15, 0.2) is 30.3 Å². The number of phenolic OH excluding ortho intramolecular Hbond substituents is 1. The average molecular weight is 456 g/mol. The standard InChI is InChI=1S/C25H29NO7/c1-4-30-24(28)23-22(15-7-8-18(29-3)17(27)11-15)16-12-20-21(32-14-31-20)13-19(16)33-25(23,2)26-9-5-6-10-26/h7-8,11-13,22-23,27H,4-6,9-10,14H2,1-3H3/t22-,23+,25+/m0/s1. The molecular formula is C25H29NO7. The van der Waals surface area contributed by atoms with Crippen molar-refractivity contribution < 1.29 is 33.6 Å². The maximum absolute atomic E-state index is 13.5. The monoisotopic (exact) mass is 455 g/mol. The highest BCUT2D eigenvalue weighted by molar-refractivity contribution is 5.78. The summed E-state index contributed by atoms with van der Waals surface area (Å²) in [6.45, 7) is 5.81. The minimum atomic E-state index is -0.941. The molecule has 3 atom stereocenters. The molecular weight excluding hydrogens is 426 g/mol. The van der Waals surface area contributed by atoms with E-state index in [1.54, 1.807) is 19.1 Å². The molecule has 8 heteroatoms. The molecule has 1 fully saturated rings. The molecule has 2 aromatic carbocycles. The van der Waals surface area contributed by atoms with Gasteiger partial charge in [0.25, 0.3) is 0 Å². The number of carbonyl (C=O) groups excluding carboxylic acids is 1. The number of aromatic hydroxyl groups is 1. The van der Waals surface area contributed by atoms with E-state index in [0.29, 0.717) is 23.0 Å². The van der Waals surface area contributed by atoms with E-state index in [1.807, 2.05) is 25.1 Å². The van der Waals surface area contributed by atoms with Crippen LogP contribution in [0.5, 0.6) is 28.7 Å². The number of ether oxygens (including phenoxy) is 5. The number of rotatable bonds is 5. The van der Waals surface area contributed by atoms with Crippen LogP contribution >= 0.6 is 0 Å². The maximum Gasteiger partial charge on any atom is 0.315 e. The second-order valence-corrected chi connectivity index (χ2v) is 8.73. The first kappa shape index (κ1) is 21.7. The van der Waals surface area contributed by atoms with Gasteiger partial charge in [0, 0.05) is 30.6 Å². The van der Waals surface area contributed by atoms with Crippen LogP contribution in [0.25, 0.3) is 0 Å². The molecule has 2 aromatic rings. The molecule has 0 bridgehead atoms. The van der Waals surface area contributed by atoms with Crippen LogP contribution in [0.3, 0.4) is 0 Å². The van der Waals surface area contributed by atoms with Crippen LogP contribution < -0.4 is 18.9 Å². The fourth-order valence-electron chi connectivity index (χ4n) is 5.33. The van der Waals surface area contributed by atoms with E-state index < -0.39 is 17.6 Å². The van der Waals surface area contributed by atoms with Gasteiger partial charge in [0.05, 0.1) is 13.7 Å². The number of benzene rings is 2. The first-order valence-corrected chi connectivity index (χ1v) is 11.4. The minimum absolute atomic E-state index is 0.00858. The van der Waals surface area contributed by atoms with Gasteiger partial charge in [-0.05, 0) is 50.5 Å². The number of fused-ring (bicyclic) bond motifs is 2. The number of phenols is 1. The maximum atomic E-state index is 13.5. The van der Waals surface area contributed by atoms with Gasteiger partial charge in [0.15, 0.2) is 28.7 Å². The minimum Gasteiger partial charge on any atom is -0.504 e. The van der Waals surface area contributed by atoms with Gasteiger partial charge in [0.2, 0.25) is 6.79 Å². The molecule has 33 heavy (non-hydrogen) atoms. The SMILES string of the molecule is CCOC(=O)[C@H]1[C@@H](c2ccc(OC)c(O)c2)c2cc3c(cc2O[C@@]1(C)N1CCCC1)OCO3. The summed E-state index contributed by atoms with van der Waals surface area (Å²) < 4.78 is 28.7. The number of methoxy groups -OCH3 is 1. The number of likely N-dealkylation sites (tertiary alicyclic amines) is 1. The summed E-state index contributed by atoms with van der Waals surface area (Å²) in [7, 11) is 1.50. The van der Waals surface area contributed by atoms with Gasteiger partial charge in [-0.2, -0.15) is 0 Å². The molecule has 176 valence electrons. The number of hydrogen-bond acceptors (Lipinski definition) is 8. The molecule has 8 nitrogen and oxygen atoms in total. The molecule has 3 aliphatic rings. The zero-order valence-corrected chi connectivity index (χ0v) is 19.1. The Morgan fingerprint density at radius 1 is 1.15 bits per heavy atom. The molecule has 0 saturated carbocycles. The van der Waals surface area contributed by atoms with Crippen molar-refractivity contribution in [3.63, 3.8) is 0 Å². The van der Waals surface area contributed by atoms with Crippen LogP contribution in [-0.4, -0.2) is 55.3 Å². The Morgan fingerprint density at radius 2 is 1.88 bits per heavy atom. The number of nitrogens with zero attached hydrogens (tertiary/aromatic N) is 1. The van der Waals surface area contributed by atoms with Crippen molar-refractivity contribution in [1.29, 1.82) is 0 Å². The summed E-state index contributed by atoms with van der Waals surface area (Å²) in [6, 6.07) is 8.95. The zero-order chi connectivity index (χ0) is 23.2. The van der Waals surface area contributed by atoms with E-state index in [1.165, 1.54) is 7.11 Å². The Kier molecular flexibility index (Phi) is 5.48. The lowest BCUT2D eigenvalue weighted by atomic mass is 9.72. The van der Waals surface area contributed by atoms with Gasteiger partial charge in [0.1, 0.15) is 11.7 Å². The summed E-state index contributed by atoms with van der Waals surface area (Å²) in [6.07, 6.45) is 2.08. The van der Waals surface area contributed by atoms with Crippen molar-refractivity contribution in [1.82, 2.24) is 4.90 Å². The summed E-state index contributed by atoms with van der Waals surface area (Å²) >= 11 is 0. The predicted molar refractivity (Wildman–Crippen MR) is 119 cm³/mol. The lowest BCUT2D eigenvalue weighted by Crippen LogP contribution is -2.61. The van der Waals surface area contributed by atoms with Crippen molar-refractivity contribution in [2.45, 2.75) is 38.3 Å². The van der Waals surface area contributed by atoms with Gasteiger partial charge in [-0.15, -0.1) is 0 Å². The zero-order valence-electron chi connectivity index (χ0n) is 19.1. The highest BCUT2D eigenvalue weighted by Gasteiger charge is 2.56. The molecule has 1 N–H and O–H groups in total.